The Hall–Kier alpha value is -2.60. The smallest absolute Gasteiger partial charge is 0.323 e. The first kappa shape index (κ1) is 15.3. The lowest BCUT2D eigenvalue weighted by atomic mass is 10.3. The highest BCUT2D eigenvalue weighted by Crippen LogP contribution is 2.23. The van der Waals surface area contributed by atoms with Crippen molar-refractivity contribution in [2.45, 2.75) is 0 Å². The molecule has 0 atom stereocenters. The molecule has 0 aliphatic carbocycles. The van der Waals surface area contributed by atoms with Crippen LogP contribution in [0.25, 0.3) is 0 Å². The van der Waals surface area contributed by atoms with Crippen LogP contribution in [0, 0.1) is 0 Å². The second-order valence-corrected chi connectivity index (χ2v) is 5.56. The summed E-state index contributed by atoms with van der Waals surface area (Å²) in [7, 11) is 0. The molecule has 3 amide bonds. The van der Waals surface area contributed by atoms with Crippen LogP contribution >= 0.6 is 11.6 Å². The van der Waals surface area contributed by atoms with Crippen LogP contribution in [0.3, 0.4) is 0 Å². The first-order valence-electron chi connectivity index (χ1n) is 7.15. The van der Waals surface area contributed by atoms with Crippen molar-refractivity contribution in [3.05, 3.63) is 53.8 Å². The molecule has 3 rings (SSSR count). The first-order valence-corrected chi connectivity index (χ1v) is 7.53. The zero-order valence-electron chi connectivity index (χ0n) is 12.3. The fraction of sp³-hybridized carbons (Fsp3) is 0.188. The minimum Gasteiger partial charge on any atom is -0.323 e. The Kier molecular flexibility index (Phi) is 4.43. The molecule has 0 saturated carbocycles. The number of urea groups is 1. The van der Waals surface area contributed by atoms with Crippen LogP contribution in [0.15, 0.2) is 48.8 Å². The first-order chi connectivity index (χ1) is 11.1. The molecule has 0 spiro atoms. The van der Waals surface area contributed by atoms with Crippen LogP contribution in [0.5, 0.6) is 0 Å². The van der Waals surface area contributed by atoms with Crippen LogP contribution in [0.4, 0.5) is 16.2 Å². The fourth-order valence-corrected chi connectivity index (χ4v) is 2.61. The van der Waals surface area contributed by atoms with Crippen LogP contribution in [0.1, 0.15) is 0 Å². The summed E-state index contributed by atoms with van der Waals surface area (Å²) in [5.41, 5.74) is 1.34. The molecule has 1 aromatic carbocycles. The Morgan fingerprint density at radius 1 is 1.26 bits per heavy atom. The molecule has 2 aromatic rings. The van der Waals surface area contributed by atoms with Gasteiger partial charge < -0.3 is 10.2 Å². The lowest BCUT2D eigenvalue weighted by Gasteiger charge is -2.18. The van der Waals surface area contributed by atoms with E-state index >= 15 is 0 Å². The molecule has 1 aliphatic rings. The summed E-state index contributed by atoms with van der Waals surface area (Å²) in [6.07, 6.45) is 3.19. The normalized spacial score (nSPS) is 14.2. The third-order valence-corrected chi connectivity index (χ3v) is 3.73. The maximum Gasteiger partial charge on any atom is 0.325 e. The van der Waals surface area contributed by atoms with Crippen molar-refractivity contribution < 1.29 is 9.59 Å². The molecule has 0 bridgehead atoms. The van der Waals surface area contributed by atoms with Gasteiger partial charge in [0.25, 0.3) is 0 Å². The van der Waals surface area contributed by atoms with Crippen LogP contribution in [0.2, 0.25) is 5.02 Å². The SMILES string of the molecule is O=C(CN1CCN(c2cccc(Cl)c2)C1=O)Nc1cccnc1. The zero-order chi connectivity index (χ0) is 16.2. The molecule has 1 saturated heterocycles. The maximum absolute atomic E-state index is 12.4. The summed E-state index contributed by atoms with van der Waals surface area (Å²) in [4.78, 5) is 31.5. The lowest BCUT2D eigenvalue weighted by molar-refractivity contribution is -0.116. The van der Waals surface area contributed by atoms with E-state index in [1.807, 2.05) is 6.07 Å². The van der Waals surface area contributed by atoms with E-state index in [2.05, 4.69) is 10.3 Å². The fourth-order valence-electron chi connectivity index (χ4n) is 2.42. The average molecular weight is 331 g/mol. The number of carbonyl (C=O) groups is 2. The standard InChI is InChI=1S/C16H15ClN4O2/c17-12-3-1-5-14(9-12)21-8-7-20(16(21)23)11-15(22)19-13-4-2-6-18-10-13/h1-6,9-10H,7-8,11H2,(H,19,22). The number of benzene rings is 1. The summed E-state index contributed by atoms with van der Waals surface area (Å²) < 4.78 is 0. The number of nitrogens with zero attached hydrogens (tertiary/aromatic N) is 3. The van der Waals surface area contributed by atoms with Gasteiger partial charge in [-0.3, -0.25) is 14.7 Å². The third kappa shape index (κ3) is 3.60. The molecule has 0 unspecified atom stereocenters. The predicted molar refractivity (Wildman–Crippen MR) is 88.6 cm³/mol. The minimum absolute atomic E-state index is 0.00476. The Morgan fingerprint density at radius 2 is 2.13 bits per heavy atom. The number of nitrogens with one attached hydrogen (secondary N) is 1. The van der Waals surface area contributed by atoms with Crippen LogP contribution in [-0.2, 0) is 4.79 Å². The number of anilines is 2. The molecule has 0 radical (unpaired) electrons. The molecule has 7 heteroatoms. The van der Waals surface area contributed by atoms with Gasteiger partial charge in [-0.1, -0.05) is 17.7 Å². The van der Waals surface area contributed by atoms with Crippen molar-refractivity contribution in [1.29, 1.82) is 0 Å². The van der Waals surface area contributed by atoms with Gasteiger partial charge in [0, 0.05) is 30.0 Å². The number of hydrogen-bond acceptors (Lipinski definition) is 3. The molecule has 2 heterocycles. The zero-order valence-corrected chi connectivity index (χ0v) is 13.0. The lowest BCUT2D eigenvalue weighted by Crippen LogP contribution is -2.37. The minimum atomic E-state index is -0.251. The Labute approximate surface area is 138 Å². The highest BCUT2D eigenvalue weighted by molar-refractivity contribution is 6.30. The molecular weight excluding hydrogens is 316 g/mol. The van der Waals surface area contributed by atoms with E-state index in [0.717, 1.165) is 5.69 Å². The van der Waals surface area contributed by atoms with Gasteiger partial charge >= 0.3 is 6.03 Å². The molecule has 118 valence electrons. The largest absolute Gasteiger partial charge is 0.325 e. The van der Waals surface area contributed by atoms with Crippen molar-refractivity contribution in [1.82, 2.24) is 9.88 Å². The highest BCUT2D eigenvalue weighted by Gasteiger charge is 2.30. The number of hydrogen-bond donors (Lipinski definition) is 1. The van der Waals surface area contributed by atoms with Gasteiger partial charge in [0.05, 0.1) is 11.9 Å². The van der Waals surface area contributed by atoms with Crippen LogP contribution in [-0.4, -0.2) is 41.5 Å². The van der Waals surface area contributed by atoms with E-state index < -0.39 is 0 Å². The van der Waals surface area contributed by atoms with Gasteiger partial charge in [0.15, 0.2) is 0 Å². The molecular formula is C16H15ClN4O2. The van der Waals surface area contributed by atoms with Gasteiger partial charge in [0.2, 0.25) is 5.91 Å². The Morgan fingerprint density at radius 3 is 2.87 bits per heavy atom. The summed E-state index contributed by atoms with van der Waals surface area (Å²) in [6.45, 7) is 1.02. The summed E-state index contributed by atoms with van der Waals surface area (Å²) in [5, 5.41) is 3.29. The molecule has 6 nitrogen and oxygen atoms in total. The topological polar surface area (TPSA) is 65.5 Å². The predicted octanol–water partition coefficient (Wildman–Crippen LogP) is 2.62. The number of rotatable bonds is 4. The van der Waals surface area contributed by atoms with E-state index in [4.69, 9.17) is 11.6 Å². The average Bonchev–Trinajstić information content (AvgIpc) is 2.89. The molecule has 1 fully saturated rings. The Bertz CT molecular complexity index is 723. The summed E-state index contributed by atoms with van der Waals surface area (Å²) in [5.74, 6) is -0.251. The quantitative estimate of drug-likeness (QED) is 0.937. The number of pyridine rings is 1. The second-order valence-electron chi connectivity index (χ2n) is 5.13. The molecule has 1 N–H and O–H groups in total. The van der Waals surface area contributed by atoms with E-state index in [9.17, 15) is 9.59 Å². The maximum atomic E-state index is 12.4. The van der Waals surface area contributed by atoms with E-state index in [1.165, 1.54) is 4.90 Å². The van der Waals surface area contributed by atoms with Crippen LogP contribution < -0.4 is 10.2 Å². The molecule has 23 heavy (non-hydrogen) atoms. The van der Waals surface area contributed by atoms with Crippen molar-refractivity contribution in [3.8, 4) is 0 Å². The number of amides is 3. The second kappa shape index (κ2) is 6.66. The van der Waals surface area contributed by atoms with E-state index in [0.29, 0.717) is 23.8 Å². The van der Waals surface area contributed by atoms with Gasteiger partial charge in [-0.25, -0.2) is 4.79 Å². The highest BCUT2D eigenvalue weighted by atomic mass is 35.5. The Balaban J connectivity index is 1.62. The summed E-state index contributed by atoms with van der Waals surface area (Å²) in [6, 6.07) is 10.4. The van der Waals surface area contributed by atoms with E-state index in [-0.39, 0.29) is 18.5 Å². The van der Waals surface area contributed by atoms with Crippen molar-refractivity contribution in [2.24, 2.45) is 0 Å². The third-order valence-electron chi connectivity index (χ3n) is 3.49. The van der Waals surface area contributed by atoms with Crippen molar-refractivity contribution >= 4 is 34.9 Å². The number of halogens is 1. The van der Waals surface area contributed by atoms with Gasteiger partial charge in [-0.05, 0) is 30.3 Å². The van der Waals surface area contributed by atoms with Gasteiger partial charge in [-0.15, -0.1) is 0 Å². The van der Waals surface area contributed by atoms with Gasteiger partial charge in [0.1, 0.15) is 6.54 Å². The number of carbonyl (C=O) groups excluding carboxylic acids is 2. The monoisotopic (exact) mass is 330 g/mol. The van der Waals surface area contributed by atoms with Gasteiger partial charge in [-0.2, -0.15) is 0 Å². The molecule has 1 aromatic heterocycles. The number of aromatic nitrogens is 1. The molecule has 1 aliphatic heterocycles. The van der Waals surface area contributed by atoms with Crippen molar-refractivity contribution in [3.63, 3.8) is 0 Å². The van der Waals surface area contributed by atoms with E-state index in [1.54, 1.807) is 47.6 Å². The summed E-state index contributed by atoms with van der Waals surface area (Å²) >= 11 is 5.96. The van der Waals surface area contributed by atoms with Crippen molar-refractivity contribution in [2.75, 3.05) is 29.9 Å².